The molecule has 4 saturated heterocycles. The van der Waals surface area contributed by atoms with Crippen molar-refractivity contribution in [2.45, 2.75) is 128 Å². The Kier molecular flexibility index (Phi) is 7.71. The van der Waals surface area contributed by atoms with E-state index in [-0.39, 0.29) is 32.0 Å². The second-order valence-electron chi connectivity index (χ2n) is 17.3. The lowest BCUT2D eigenvalue weighted by atomic mass is 9.37. The first-order chi connectivity index (χ1) is 24.3. The van der Waals surface area contributed by atoms with E-state index in [1.54, 1.807) is 32.9 Å². The first-order valence-corrected chi connectivity index (χ1v) is 18.4. The number of hydrogen-bond donors (Lipinski definition) is 2. The molecule has 0 aromatic rings. The number of aliphatic hydroxyl groups is 2. The number of fused-ring (bicyclic) bond motifs is 11. The van der Waals surface area contributed by atoms with Gasteiger partial charge in [-0.15, -0.1) is 0 Å². The molecule has 3 saturated carbocycles. The van der Waals surface area contributed by atoms with Gasteiger partial charge in [0.25, 0.3) is 5.79 Å². The van der Waals surface area contributed by atoms with Crippen LogP contribution >= 0.6 is 0 Å². The standard InChI is InChI=1S/C38H52O14/c1-11-18(4)28(40)50-22-13-23(48-19(5)39)35-16-47-37(45-10,30(41)44-9)29(35)33(7)27(25-26(35)32(22,6)15-46-25)52-34(8)21-12-24(38(33,34)43)51-31-36(21,42)14-20(49-31)17(2)3/h11,14,17,21-27,29,31,42-43H,12-13,15-16H2,1-10H3/b18-11+/t21-,22-,23+,24+,25-,26+,27-,29+,31-,32-,33-,34-,35+,36+,37+,38+/m1/s1. The summed E-state index contributed by atoms with van der Waals surface area (Å²) in [5.41, 5.74) is -8.32. The van der Waals surface area contributed by atoms with E-state index in [2.05, 4.69) is 0 Å². The molecule has 14 heteroatoms. The average Bonchev–Trinajstić information content (AvgIpc) is 3.84. The van der Waals surface area contributed by atoms with Crippen LogP contribution in [0.2, 0.25) is 0 Å². The molecule has 7 fully saturated rings. The van der Waals surface area contributed by atoms with Crippen molar-refractivity contribution < 1.29 is 67.2 Å². The summed E-state index contributed by atoms with van der Waals surface area (Å²) in [6.07, 6.45) is -1.90. The summed E-state index contributed by atoms with van der Waals surface area (Å²) in [6, 6.07) is 0. The van der Waals surface area contributed by atoms with Gasteiger partial charge in [0.2, 0.25) is 6.29 Å². The molecule has 3 aliphatic carbocycles. The Morgan fingerprint density at radius 1 is 1.02 bits per heavy atom. The largest absolute Gasteiger partial charge is 0.466 e. The molecule has 5 aliphatic heterocycles. The molecule has 0 aromatic heterocycles. The highest BCUT2D eigenvalue weighted by Crippen LogP contribution is 2.81. The van der Waals surface area contributed by atoms with E-state index in [1.807, 2.05) is 27.7 Å². The molecule has 0 unspecified atom stereocenters. The van der Waals surface area contributed by atoms with E-state index in [9.17, 15) is 24.6 Å². The van der Waals surface area contributed by atoms with Gasteiger partial charge < -0.3 is 52.8 Å². The van der Waals surface area contributed by atoms with Crippen molar-refractivity contribution in [1.82, 2.24) is 0 Å². The minimum atomic E-state index is -2.12. The van der Waals surface area contributed by atoms with Gasteiger partial charge in [0, 0.05) is 65.9 Å². The van der Waals surface area contributed by atoms with Gasteiger partial charge in [0.15, 0.2) is 5.60 Å². The molecule has 1 spiro atoms. The van der Waals surface area contributed by atoms with Crippen molar-refractivity contribution in [3.63, 3.8) is 0 Å². The Labute approximate surface area is 303 Å². The van der Waals surface area contributed by atoms with Crippen molar-refractivity contribution >= 4 is 17.9 Å². The predicted octanol–water partition coefficient (Wildman–Crippen LogP) is 2.32. The second kappa shape index (κ2) is 11.0. The number of carbonyl (C=O) groups excluding carboxylic acids is 3. The van der Waals surface area contributed by atoms with E-state index >= 15 is 0 Å². The van der Waals surface area contributed by atoms with Crippen LogP contribution in [0.5, 0.6) is 0 Å². The van der Waals surface area contributed by atoms with Crippen molar-refractivity contribution in [2.75, 3.05) is 27.4 Å². The van der Waals surface area contributed by atoms with Gasteiger partial charge in [0.1, 0.15) is 29.2 Å². The third-order valence-corrected chi connectivity index (χ3v) is 14.9. The SMILES string of the molecule is C/C=C(\C)C(=O)O[C@@H]1C[C@H](OC(C)=O)[C@]23CO[C@](OC)(C(=O)OC)[C@H]2[C@@]2(C)[C@H](O[C@]4(C)[C@H]5C[C@H](O[C@H]6OC(C(C)C)=C[C@@]65O)[C@]24O)[C@@H]2OC[C@@]1(C)[C@H]23. The zero-order chi connectivity index (χ0) is 37.8. The minimum Gasteiger partial charge on any atom is -0.466 e. The van der Waals surface area contributed by atoms with Gasteiger partial charge in [-0.2, -0.15) is 0 Å². The Balaban J connectivity index is 1.37. The van der Waals surface area contributed by atoms with E-state index in [0.717, 1.165) is 0 Å². The zero-order valence-corrected chi connectivity index (χ0v) is 31.6. The van der Waals surface area contributed by atoms with Crippen molar-refractivity contribution in [1.29, 1.82) is 0 Å². The van der Waals surface area contributed by atoms with Gasteiger partial charge in [-0.25, -0.2) is 9.59 Å². The van der Waals surface area contributed by atoms with Gasteiger partial charge in [-0.05, 0) is 33.3 Å². The first-order valence-electron chi connectivity index (χ1n) is 18.4. The monoisotopic (exact) mass is 732 g/mol. The molecule has 2 bridgehead atoms. The topological polar surface area (TPSA) is 175 Å². The zero-order valence-electron chi connectivity index (χ0n) is 31.6. The fraction of sp³-hybridized carbons (Fsp3) is 0.816. The molecule has 16 atom stereocenters. The van der Waals surface area contributed by atoms with Crippen LogP contribution in [-0.2, 0) is 57.0 Å². The quantitative estimate of drug-likeness (QED) is 0.231. The highest BCUT2D eigenvalue weighted by molar-refractivity contribution is 5.87. The molecule has 0 radical (unpaired) electrons. The highest BCUT2D eigenvalue weighted by Gasteiger charge is 2.94. The lowest BCUT2D eigenvalue weighted by molar-refractivity contribution is -0.319. The number of rotatable bonds is 6. The summed E-state index contributed by atoms with van der Waals surface area (Å²) < 4.78 is 57.5. The molecule has 8 aliphatic rings. The lowest BCUT2D eigenvalue weighted by Crippen LogP contribution is -2.78. The van der Waals surface area contributed by atoms with Gasteiger partial charge >= 0.3 is 17.9 Å². The number of hydrogen-bond acceptors (Lipinski definition) is 14. The van der Waals surface area contributed by atoms with Crippen LogP contribution < -0.4 is 0 Å². The molecular formula is C38H52O14. The highest BCUT2D eigenvalue weighted by atomic mass is 16.7. The smallest absolute Gasteiger partial charge is 0.366 e. The first kappa shape index (κ1) is 36.4. The Bertz CT molecular complexity index is 1660. The lowest BCUT2D eigenvalue weighted by Gasteiger charge is -2.66. The van der Waals surface area contributed by atoms with Gasteiger partial charge in [-0.1, -0.05) is 33.8 Å². The Morgan fingerprint density at radius 2 is 1.73 bits per heavy atom. The molecule has 0 amide bonds. The maximum absolute atomic E-state index is 14.2. The maximum Gasteiger partial charge on any atom is 0.366 e. The number of carbonyl (C=O) groups is 3. The summed E-state index contributed by atoms with van der Waals surface area (Å²) in [6.45, 7) is 14.2. The summed E-state index contributed by atoms with van der Waals surface area (Å²) >= 11 is 0. The molecule has 0 aromatic carbocycles. The second-order valence-corrected chi connectivity index (χ2v) is 17.3. The molecule has 8 rings (SSSR count). The molecule has 52 heavy (non-hydrogen) atoms. The van der Waals surface area contributed by atoms with Crippen LogP contribution in [0.15, 0.2) is 23.5 Å². The fourth-order valence-corrected chi connectivity index (χ4v) is 12.7. The number of allylic oxidation sites excluding steroid dienone is 2. The third-order valence-electron chi connectivity index (χ3n) is 14.9. The van der Waals surface area contributed by atoms with Gasteiger partial charge in [-0.3, -0.25) is 4.79 Å². The minimum absolute atomic E-state index is 0.0320. The van der Waals surface area contributed by atoms with Crippen molar-refractivity contribution in [2.24, 2.45) is 39.9 Å². The van der Waals surface area contributed by atoms with Crippen LogP contribution in [0.3, 0.4) is 0 Å². The summed E-state index contributed by atoms with van der Waals surface area (Å²) in [7, 11) is 2.58. The Morgan fingerprint density at radius 3 is 2.35 bits per heavy atom. The number of esters is 3. The number of methoxy groups -OCH3 is 2. The third kappa shape index (κ3) is 3.82. The molecule has 14 nitrogen and oxygen atoms in total. The summed E-state index contributed by atoms with van der Waals surface area (Å²) in [5.74, 6) is -5.93. The normalized spacial score (nSPS) is 53.6. The Hall–Kier alpha value is -2.59. The summed E-state index contributed by atoms with van der Waals surface area (Å²) in [4.78, 5) is 40.6. The van der Waals surface area contributed by atoms with Crippen LogP contribution in [0, 0.1) is 39.9 Å². The van der Waals surface area contributed by atoms with Crippen LogP contribution in [0.1, 0.15) is 68.2 Å². The van der Waals surface area contributed by atoms with E-state index in [1.165, 1.54) is 21.1 Å². The molecule has 5 heterocycles. The molecular weight excluding hydrogens is 680 g/mol. The molecule has 2 N–H and O–H groups in total. The van der Waals surface area contributed by atoms with Crippen molar-refractivity contribution in [3.05, 3.63) is 23.5 Å². The predicted molar refractivity (Wildman–Crippen MR) is 177 cm³/mol. The number of ether oxygens (including phenoxy) is 9. The average molecular weight is 733 g/mol. The van der Waals surface area contributed by atoms with E-state index in [4.69, 9.17) is 42.6 Å². The van der Waals surface area contributed by atoms with Crippen LogP contribution in [0.4, 0.5) is 0 Å². The van der Waals surface area contributed by atoms with Crippen LogP contribution in [-0.4, -0.2) is 115 Å². The van der Waals surface area contributed by atoms with E-state index in [0.29, 0.717) is 11.3 Å². The summed E-state index contributed by atoms with van der Waals surface area (Å²) in [5, 5.41) is 26.2. The van der Waals surface area contributed by atoms with Crippen LogP contribution in [0.25, 0.3) is 0 Å². The maximum atomic E-state index is 14.2. The van der Waals surface area contributed by atoms with E-state index < -0.39 is 111 Å². The fourth-order valence-electron chi connectivity index (χ4n) is 12.7. The van der Waals surface area contributed by atoms with Gasteiger partial charge in [0.05, 0.1) is 38.6 Å². The van der Waals surface area contributed by atoms with Crippen molar-refractivity contribution in [3.8, 4) is 0 Å². The molecule has 288 valence electrons.